The Morgan fingerprint density at radius 2 is 2.11 bits per heavy atom. The molecular formula is C15H14N2S. The Labute approximate surface area is 110 Å². The van der Waals surface area contributed by atoms with Gasteiger partial charge in [-0.15, -0.1) is 11.3 Å². The first kappa shape index (κ1) is 11.2. The lowest BCUT2D eigenvalue weighted by Gasteiger charge is -2.08. The zero-order valence-electron chi connectivity index (χ0n) is 10.2. The first-order valence-corrected chi connectivity index (χ1v) is 6.76. The van der Waals surface area contributed by atoms with Gasteiger partial charge in [-0.25, -0.2) is 0 Å². The number of nitrogens with zero attached hydrogens (tertiary/aromatic N) is 1. The maximum atomic E-state index is 4.15. The second-order valence-corrected chi connectivity index (χ2v) is 5.64. The molecule has 1 N–H and O–H groups in total. The molecule has 0 aliphatic rings. The van der Waals surface area contributed by atoms with E-state index in [2.05, 4.69) is 53.6 Å². The Hall–Kier alpha value is -1.87. The Bertz CT molecular complexity index is 668. The predicted molar refractivity (Wildman–Crippen MR) is 78.1 cm³/mol. The summed E-state index contributed by atoms with van der Waals surface area (Å²) in [5.41, 5.74) is 1.17. The van der Waals surface area contributed by atoms with Crippen LogP contribution in [0.2, 0.25) is 0 Å². The number of aromatic nitrogens is 1. The van der Waals surface area contributed by atoms with Gasteiger partial charge < -0.3 is 5.32 Å². The van der Waals surface area contributed by atoms with E-state index >= 15 is 0 Å². The number of pyridine rings is 1. The van der Waals surface area contributed by atoms with Crippen molar-refractivity contribution < 1.29 is 0 Å². The average Bonchev–Trinajstić information content (AvgIpc) is 2.82. The summed E-state index contributed by atoms with van der Waals surface area (Å²) in [7, 11) is 0. The number of anilines is 1. The van der Waals surface area contributed by atoms with Crippen LogP contribution in [-0.2, 0) is 6.54 Å². The Kier molecular flexibility index (Phi) is 2.99. The zero-order valence-corrected chi connectivity index (χ0v) is 11.0. The first-order valence-electron chi connectivity index (χ1n) is 5.95. The summed E-state index contributed by atoms with van der Waals surface area (Å²) < 4.78 is 0. The number of hydrogen-bond donors (Lipinski definition) is 1. The van der Waals surface area contributed by atoms with Crippen LogP contribution in [-0.4, -0.2) is 4.98 Å². The summed E-state index contributed by atoms with van der Waals surface area (Å²) in [6.45, 7) is 3.01. The van der Waals surface area contributed by atoms with Crippen molar-refractivity contribution in [3.8, 4) is 0 Å². The second kappa shape index (κ2) is 4.78. The average molecular weight is 254 g/mol. The first-order chi connectivity index (χ1) is 8.83. The highest BCUT2D eigenvalue weighted by molar-refractivity contribution is 7.11. The van der Waals surface area contributed by atoms with Crippen molar-refractivity contribution in [1.29, 1.82) is 0 Å². The molecule has 3 heteroatoms. The Morgan fingerprint density at radius 3 is 2.94 bits per heavy atom. The Balaban J connectivity index is 1.86. The molecule has 0 saturated heterocycles. The normalized spacial score (nSPS) is 10.7. The molecule has 0 atom stereocenters. The van der Waals surface area contributed by atoms with Crippen molar-refractivity contribution in [2.75, 3.05) is 5.32 Å². The highest BCUT2D eigenvalue weighted by Crippen LogP contribution is 2.23. The molecule has 0 spiro atoms. The minimum Gasteiger partial charge on any atom is -0.380 e. The highest BCUT2D eigenvalue weighted by Gasteiger charge is 2.01. The molecule has 2 nitrogen and oxygen atoms in total. The number of aryl methyl sites for hydroxylation is 1. The zero-order chi connectivity index (χ0) is 12.4. The fraction of sp³-hybridized carbons (Fsp3) is 0.133. The molecule has 0 fully saturated rings. The van der Waals surface area contributed by atoms with E-state index in [0.717, 1.165) is 6.54 Å². The molecule has 1 aromatic carbocycles. The van der Waals surface area contributed by atoms with E-state index < -0.39 is 0 Å². The van der Waals surface area contributed by atoms with Gasteiger partial charge >= 0.3 is 0 Å². The van der Waals surface area contributed by atoms with Crippen LogP contribution in [0.3, 0.4) is 0 Å². The minimum atomic E-state index is 0.875. The molecule has 3 aromatic rings. The molecule has 0 unspecified atom stereocenters. The molecule has 0 amide bonds. The molecular weight excluding hydrogens is 240 g/mol. The van der Waals surface area contributed by atoms with Gasteiger partial charge in [0.2, 0.25) is 0 Å². The van der Waals surface area contributed by atoms with E-state index in [4.69, 9.17) is 0 Å². The van der Waals surface area contributed by atoms with Gasteiger partial charge in [-0.2, -0.15) is 0 Å². The van der Waals surface area contributed by atoms with Crippen LogP contribution in [0.1, 0.15) is 9.75 Å². The number of benzene rings is 1. The van der Waals surface area contributed by atoms with E-state index in [1.165, 1.54) is 26.2 Å². The quantitative estimate of drug-likeness (QED) is 0.757. The number of hydrogen-bond acceptors (Lipinski definition) is 3. The van der Waals surface area contributed by atoms with Gasteiger partial charge in [-0.1, -0.05) is 12.1 Å². The van der Waals surface area contributed by atoms with Crippen LogP contribution >= 0.6 is 11.3 Å². The smallest absolute Gasteiger partial charge is 0.0494 e. The standard InChI is InChI=1S/C15H14N2S/c1-11-5-6-13(18-11)10-17-15-4-2-3-12-9-16-8-7-14(12)15/h2-9,17H,10H2,1H3. The maximum absolute atomic E-state index is 4.15. The van der Waals surface area contributed by atoms with Crippen molar-refractivity contribution >= 4 is 27.8 Å². The summed E-state index contributed by atoms with van der Waals surface area (Å²) in [5, 5.41) is 5.89. The van der Waals surface area contributed by atoms with E-state index in [-0.39, 0.29) is 0 Å². The van der Waals surface area contributed by atoms with Crippen LogP contribution < -0.4 is 5.32 Å². The van der Waals surface area contributed by atoms with E-state index in [1.54, 1.807) is 0 Å². The van der Waals surface area contributed by atoms with E-state index in [0.29, 0.717) is 0 Å². The van der Waals surface area contributed by atoms with Gasteiger partial charge in [0.25, 0.3) is 0 Å². The lowest BCUT2D eigenvalue weighted by molar-refractivity contribution is 1.20. The third-order valence-electron chi connectivity index (χ3n) is 2.93. The van der Waals surface area contributed by atoms with Crippen LogP contribution in [0.5, 0.6) is 0 Å². The van der Waals surface area contributed by atoms with Gasteiger partial charge in [0.15, 0.2) is 0 Å². The largest absolute Gasteiger partial charge is 0.380 e. The molecule has 0 saturated carbocycles. The SMILES string of the molecule is Cc1ccc(CNc2cccc3cnccc23)s1. The lowest BCUT2D eigenvalue weighted by Crippen LogP contribution is -1.97. The number of fused-ring (bicyclic) bond motifs is 1. The van der Waals surface area contributed by atoms with Gasteiger partial charge in [0.1, 0.15) is 0 Å². The fourth-order valence-electron chi connectivity index (χ4n) is 2.04. The molecule has 2 heterocycles. The van der Waals surface area contributed by atoms with Crippen LogP contribution in [0.4, 0.5) is 5.69 Å². The van der Waals surface area contributed by atoms with Crippen LogP contribution in [0.25, 0.3) is 10.8 Å². The molecule has 2 aromatic heterocycles. The van der Waals surface area contributed by atoms with Crippen molar-refractivity contribution in [1.82, 2.24) is 4.98 Å². The highest BCUT2D eigenvalue weighted by atomic mass is 32.1. The third-order valence-corrected chi connectivity index (χ3v) is 3.93. The lowest BCUT2D eigenvalue weighted by atomic mass is 10.1. The van der Waals surface area contributed by atoms with Crippen LogP contribution in [0, 0.1) is 6.92 Å². The van der Waals surface area contributed by atoms with Crippen molar-refractivity contribution in [3.63, 3.8) is 0 Å². The van der Waals surface area contributed by atoms with Crippen molar-refractivity contribution in [3.05, 3.63) is 58.5 Å². The van der Waals surface area contributed by atoms with E-state index in [9.17, 15) is 0 Å². The molecule has 18 heavy (non-hydrogen) atoms. The molecule has 3 rings (SSSR count). The summed E-state index contributed by atoms with van der Waals surface area (Å²) in [4.78, 5) is 6.87. The third kappa shape index (κ3) is 2.22. The molecule has 0 aliphatic heterocycles. The number of thiophene rings is 1. The van der Waals surface area contributed by atoms with Gasteiger partial charge in [0, 0.05) is 45.2 Å². The summed E-state index contributed by atoms with van der Waals surface area (Å²) >= 11 is 1.84. The maximum Gasteiger partial charge on any atom is 0.0494 e. The summed E-state index contributed by atoms with van der Waals surface area (Å²) in [5.74, 6) is 0. The topological polar surface area (TPSA) is 24.9 Å². The predicted octanol–water partition coefficient (Wildman–Crippen LogP) is 4.22. The molecule has 90 valence electrons. The molecule has 0 radical (unpaired) electrons. The van der Waals surface area contributed by atoms with Gasteiger partial charge in [-0.3, -0.25) is 4.98 Å². The van der Waals surface area contributed by atoms with Crippen molar-refractivity contribution in [2.24, 2.45) is 0 Å². The number of nitrogens with one attached hydrogen (secondary N) is 1. The van der Waals surface area contributed by atoms with Gasteiger partial charge in [-0.05, 0) is 31.2 Å². The van der Waals surface area contributed by atoms with Gasteiger partial charge in [0.05, 0.1) is 0 Å². The monoisotopic (exact) mass is 254 g/mol. The van der Waals surface area contributed by atoms with Crippen molar-refractivity contribution in [2.45, 2.75) is 13.5 Å². The molecule has 0 aliphatic carbocycles. The van der Waals surface area contributed by atoms with Crippen LogP contribution in [0.15, 0.2) is 48.8 Å². The Morgan fingerprint density at radius 1 is 1.17 bits per heavy atom. The minimum absolute atomic E-state index is 0.875. The second-order valence-electron chi connectivity index (χ2n) is 4.27. The van der Waals surface area contributed by atoms with E-state index in [1.807, 2.05) is 23.7 Å². The number of rotatable bonds is 3. The summed E-state index contributed by atoms with van der Waals surface area (Å²) in [6.07, 6.45) is 3.73. The summed E-state index contributed by atoms with van der Waals surface area (Å²) in [6, 6.07) is 12.7. The molecule has 0 bridgehead atoms. The fourth-order valence-corrected chi connectivity index (χ4v) is 2.87.